The molecule has 1 aromatic heterocycles. The molecule has 0 atom stereocenters. The molecule has 2 rings (SSSR count). The van der Waals surface area contributed by atoms with Gasteiger partial charge in [0.1, 0.15) is 5.82 Å². The van der Waals surface area contributed by atoms with E-state index < -0.39 is 5.97 Å². The Morgan fingerprint density at radius 3 is 2.40 bits per heavy atom. The molecular weight excluding hydrogens is 320 g/mol. The molecule has 134 valence electrons. The van der Waals surface area contributed by atoms with Crippen LogP contribution in [0, 0.1) is 0 Å². The quantitative estimate of drug-likeness (QED) is 0.838. The minimum Gasteiger partial charge on any atom is -0.480 e. The summed E-state index contributed by atoms with van der Waals surface area (Å²) in [7, 11) is 1.59. The van der Waals surface area contributed by atoms with Gasteiger partial charge in [-0.3, -0.25) is 14.5 Å². The zero-order chi connectivity index (χ0) is 18.6. The monoisotopic (exact) mass is 344 g/mol. The number of carboxylic acid groups (broad SMARTS) is 1. The van der Waals surface area contributed by atoms with E-state index in [2.05, 4.69) is 31.2 Å². The lowest BCUT2D eigenvalue weighted by atomic mass is 9.92. The minimum atomic E-state index is -0.973. The fourth-order valence-corrected chi connectivity index (χ4v) is 2.32. The van der Waals surface area contributed by atoms with Crippen molar-refractivity contribution < 1.29 is 14.7 Å². The Bertz CT molecular complexity index is 747. The second kappa shape index (κ2) is 7.48. The van der Waals surface area contributed by atoms with E-state index in [1.54, 1.807) is 11.7 Å². The lowest BCUT2D eigenvalue weighted by molar-refractivity contribution is -0.138. The summed E-state index contributed by atoms with van der Waals surface area (Å²) in [6.45, 7) is 5.94. The van der Waals surface area contributed by atoms with Crippen LogP contribution in [0.4, 0.5) is 5.82 Å². The van der Waals surface area contributed by atoms with Gasteiger partial charge >= 0.3 is 5.97 Å². The van der Waals surface area contributed by atoms with Crippen molar-refractivity contribution in [2.45, 2.75) is 26.2 Å². The normalized spacial score (nSPS) is 11.6. The van der Waals surface area contributed by atoms with Gasteiger partial charge < -0.3 is 10.4 Å². The van der Waals surface area contributed by atoms with Crippen LogP contribution in [0.15, 0.2) is 36.4 Å². The number of likely N-dealkylation sites (N-methyl/N-ethyl adjacent to an activating group) is 1. The summed E-state index contributed by atoms with van der Waals surface area (Å²) in [6, 6.07) is 11.4. The average molecular weight is 344 g/mol. The number of carbonyl (C=O) groups is 2. The highest BCUT2D eigenvalue weighted by molar-refractivity contribution is 5.92. The van der Waals surface area contributed by atoms with Gasteiger partial charge in [-0.15, -0.1) is 0 Å². The van der Waals surface area contributed by atoms with Crippen molar-refractivity contribution in [3.8, 4) is 5.69 Å². The first kappa shape index (κ1) is 18.7. The zero-order valence-corrected chi connectivity index (χ0v) is 15.0. The summed E-state index contributed by atoms with van der Waals surface area (Å²) >= 11 is 0. The number of amides is 1. The molecule has 1 amide bonds. The van der Waals surface area contributed by atoms with Crippen LogP contribution < -0.4 is 5.32 Å². The maximum absolute atomic E-state index is 12.3. The van der Waals surface area contributed by atoms with Crippen molar-refractivity contribution in [3.05, 3.63) is 42.1 Å². The number of nitrogens with one attached hydrogen (secondary N) is 1. The second-order valence-corrected chi connectivity index (χ2v) is 7.03. The molecule has 2 aromatic rings. The van der Waals surface area contributed by atoms with Crippen LogP contribution in [0.5, 0.6) is 0 Å². The summed E-state index contributed by atoms with van der Waals surface area (Å²) in [5.41, 5.74) is 1.53. The number of anilines is 1. The van der Waals surface area contributed by atoms with E-state index in [0.29, 0.717) is 5.82 Å². The van der Waals surface area contributed by atoms with E-state index in [9.17, 15) is 9.59 Å². The molecule has 0 aliphatic heterocycles. The molecule has 0 spiro atoms. The molecule has 7 nitrogen and oxygen atoms in total. The van der Waals surface area contributed by atoms with Crippen LogP contribution in [0.2, 0.25) is 0 Å². The van der Waals surface area contributed by atoms with E-state index in [0.717, 1.165) is 11.4 Å². The molecule has 0 saturated carbocycles. The number of aliphatic carboxylic acids is 1. The first-order chi connectivity index (χ1) is 11.7. The third-order valence-corrected chi connectivity index (χ3v) is 3.56. The highest BCUT2D eigenvalue weighted by Gasteiger charge is 2.21. The number of carbonyl (C=O) groups excluding carboxylic acids is 1. The van der Waals surface area contributed by atoms with Gasteiger partial charge in [-0.2, -0.15) is 5.10 Å². The largest absolute Gasteiger partial charge is 0.480 e. The third kappa shape index (κ3) is 5.15. The zero-order valence-electron chi connectivity index (χ0n) is 15.0. The smallest absolute Gasteiger partial charge is 0.317 e. The van der Waals surface area contributed by atoms with Crippen LogP contribution in [0.3, 0.4) is 0 Å². The molecule has 0 aliphatic rings. The molecule has 0 fully saturated rings. The number of carboxylic acids is 1. The Morgan fingerprint density at radius 2 is 1.84 bits per heavy atom. The van der Waals surface area contributed by atoms with Gasteiger partial charge in [0.2, 0.25) is 5.91 Å². The first-order valence-electron chi connectivity index (χ1n) is 8.03. The van der Waals surface area contributed by atoms with E-state index in [-0.39, 0.29) is 24.4 Å². The van der Waals surface area contributed by atoms with Gasteiger partial charge in [0, 0.05) is 11.5 Å². The number of hydrogen-bond acceptors (Lipinski definition) is 4. The summed E-state index contributed by atoms with van der Waals surface area (Å²) in [5.74, 6) is -0.703. The van der Waals surface area contributed by atoms with Crippen molar-refractivity contribution in [2.24, 2.45) is 0 Å². The van der Waals surface area contributed by atoms with Crippen LogP contribution in [0.25, 0.3) is 5.69 Å². The van der Waals surface area contributed by atoms with E-state index in [1.165, 1.54) is 4.90 Å². The van der Waals surface area contributed by atoms with E-state index >= 15 is 0 Å². The number of aromatic nitrogens is 2. The highest BCUT2D eigenvalue weighted by atomic mass is 16.4. The van der Waals surface area contributed by atoms with Gasteiger partial charge in [0.15, 0.2) is 0 Å². The number of hydrogen-bond donors (Lipinski definition) is 2. The van der Waals surface area contributed by atoms with Crippen molar-refractivity contribution >= 4 is 17.7 Å². The van der Waals surface area contributed by atoms with Gasteiger partial charge in [-0.1, -0.05) is 39.0 Å². The molecule has 1 heterocycles. The summed E-state index contributed by atoms with van der Waals surface area (Å²) in [6.07, 6.45) is 0. The highest BCUT2D eigenvalue weighted by Crippen LogP contribution is 2.26. The van der Waals surface area contributed by atoms with Crippen LogP contribution >= 0.6 is 0 Å². The van der Waals surface area contributed by atoms with Crippen LogP contribution in [0.1, 0.15) is 26.5 Å². The van der Waals surface area contributed by atoms with Gasteiger partial charge in [0.05, 0.1) is 24.5 Å². The summed E-state index contributed by atoms with van der Waals surface area (Å²) < 4.78 is 1.69. The maximum atomic E-state index is 12.3. The number of para-hydroxylation sites is 1. The molecule has 7 heteroatoms. The first-order valence-corrected chi connectivity index (χ1v) is 8.03. The fourth-order valence-electron chi connectivity index (χ4n) is 2.32. The van der Waals surface area contributed by atoms with Gasteiger partial charge in [0.25, 0.3) is 0 Å². The van der Waals surface area contributed by atoms with E-state index in [4.69, 9.17) is 5.11 Å². The SMILES string of the molecule is CN(CC(=O)O)CC(=O)Nc1cc(C(C)(C)C)nn1-c1ccccc1. The van der Waals surface area contributed by atoms with Crippen molar-refractivity contribution in [2.75, 3.05) is 25.5 Å². The van der Waals surface area contributed by atoms with Crippen molar-refractivity contribution in [1.29, 1.82) is 0 Å². The Labute approximate surface area is 147 Å². The molecule has 0 aliphatic carbocycles. The number of nitrogens with zero attached hydrogens (tertiary/aromatic N) is 3. The van der Waals surface area contributed by atoms with Gasteiger partial charge in [-0.05, 0) is 19.2 Å². The fraction of sp³-hybridized carbons (Fsp3) is 0.389. The molecule has 0 saturated heterocycles. The Balaban J connectivity index is 2.25. The van der Waals surface area contributed by atoms with Crippen molar-refractivity contribution in [1.82, 2.24) is 14.7 Å². The number of benzene rings is 1. The lowest BCUT2D eigenvalue weighted by Gasteiger charge is -2.14. The lowest BCUT2D eigenvalue weighted by Crippen LogP contribution is -2.34. The Kier molecular flexibility index (Phi) is 5.58. The average Bonchev–Trinajstić information content (AvgIpc) is 2.90. The van der Waals surface area contributed by atoms with Crippen LogP contribution in [-0.4, -0.2) is 51.8 Å². The number of rotatable bonds is 6. The minimum absolute atomic E-state index is 0.0167. The standard InChI is InChI=1S/C18H24N4O3/c1-18(2,3)14-10-15(19-16(23)11-21(4)12-17(24)25)22(20-14)13-8-6-5-7-9-13/h5-10H,11-12H2,1-4H3,(H,19,23)(H,24,25). The predicted molar refractivity (Wildman–Crippen MR) is 96.0 cm³/mol. The predicted octanol–water partition coefficient (Wildman–Crippen LogP) is 2.12. The Morgan fingerprint density at radius 1 is 1.20 bits per heavy atom. The molecule has 0 radical (unpaired) electrons. The molecular formula is C18H24N4O3. The summed E-state index contributed by atoms with van der Waals surface area (Å²) in [4.78, 5) is 24.4. The Hall–Kier alpha value is -2.67. The molecule has 1 aromatic carbocycles. The molecule has 25 heavy (non-hydrogen) atoms. The molecule has 0 unspecified atom stereocenters. The molecule has 2 N–H and O–H groups in total. The van der Waals surface area contributed by atoms with Crippen LogP contribution in [-0.2, 0) is 15.0 Å². The van der Waals surface area contributed by atoms with E-state index in [1.807, 2.05) is 36.4 Å². The van der Waals surface area contributed by atoms with Gasteiger partial charge in [-0.25, -0.2) is 4.68 Å². The second-order valence-electron chi connectivity index (χ2n) is 7.03. The molecule has 0 bridgehead atoms. The summed E-state index contributed by atoms with van der Waals surface area (Å²) in [5, 5.41) is 16.2. The topological polar surface area (TPSA) is 87.5 Å². The maximum Gasteiger partial charge on any atom is 0.317 e. The third-order valence-electron chi connectivity index (χ3n) is 3.56. The van der Waals surface area contributed by atoms with Crippen molar-refractivity contribution in [3.63, 3.8) is 0 Å².